The topological polar surface area (TPSA) is 76.5 Å². The molecule has 4 rings (SSSR count). The highest BCUT2D eigenvalue weighted by Gasteiger charge is 2.30. The van der Waals surface area contributed by atoms with Gasteiger partial charge in [0, 0.05) is 37.0 Å². The van der Waals surface area contributed by atoms with Crippen molar-refractivity contribution in [3.05, 3.63) is 41.7 Å². The molecule has 0 saturated heterocycles. The summed E-state index contributed by atoms with van der Waals surface area (Å²) in [6.45, 7) is 1.35. The Morgan fingerprint density at radius 1 is 1.28 bits per heavy atom. The lowest BCUT2D eigenvalue weighted by Gasteiger charge is -2.18. The van der Waals surface area contributed by atoms with Crippen molar-refractivity contribution in [2.24, 2.45) is 13.0 Å². The Morgan fingerprint density at radius 3 is 2.84 bits per heavy atom. The molecule has 1 aromatic carbocycles. The first-order valence-electron chi connectivity index (χ1n) is 8.45. The molecule has 0 bridgehead atoms. The van der Waals surface area contributed by atoms with Crippen LogP contribution < -0.4 is 10.1 Å². The Labute approximate surface area is 145 Å². The number of rotatable bonds is 3. The smallest absolute Gasteiger partial charge is 0.274 e. The average molecular weight is 340 g/mol. The molecule has 7 nitrogen and oxygen atoms in total. The van der Waals surface area contributed by atoms with Crippen molar-refractivity contribution in [1.29, 1.82) is 0 Å². The van der Waals surface area contributed by atoms with Crippen molar-refractivity contribution in [2.75, 3.05) is 18.5 Å². The SMILES string of the molecule is Cn1ccc(C(=O)N2CCOc3ccc(NC(=O)C4CC4)cc3C2)n1. The van der Waals surface area contributed by atoms with Crippen LogP contribution in [-0.2, 0) is 18.4 Å². The molecular weight excluding hydrogens is 320 g/mol. The number of fused-ring (bicyclic) bond motifs is 1. The summed E-state index contributed by atoms with van der Waals surface area (Å²) in [4.78, 5) is 26.3. The fourth-order valence-electron chi connectivity index (χ4n) is 2.93. The third-order valence-electron chi connectivity index (χ3n) is 4.48. The predicted molar refractivity (Wildman–Crippen MR) is 91.2 cm³/mol. The molecule has 2 amide bonds. The molecule has 2 aliphatic rings. The third kappa shape index (κ3) is 3.35. The lowest BCUT2D eigenvalue weighted by atomic mass is 10.1. The first-order chi connectivity index (χ1) is 12.1. The lowest BCUT2D eigenvalue weighted by Crippen LogP contribution is -2.32. The monoisotopic (exact) mass is 340 g/mol. The van der Waals surface area contributed by atoms with Gasteiger partial charge in [-0.3, -0.25) is 14.3 Å². The van der Waals surface area contributed by atoms with Crippen molar-refractivity contribution < 1.29 is 14.3 Å². The molecule has 1 fully saturated rings. The van der Waals surface area contributed by atoms with Crippen molar-refractivity contribution in [3.63, 3.8) is 0 Å². The molecule has 130 valence electrons. The van der Waals surface area contributed by atoms with Crippen LogP contribution >= 0.6 is 0 Å². The van der Waals surface area contributed by atoms with E-state index in [4.69, 9.17) is 4.74 Å². The molecule has 0 unspecified atom stereocenters. The zero-order chi connectivity index (χ0) is 17.4. The Morgan fingerprint density at radius 2 is 2.12 bits per heavy atom. The number of carbonyl (C=O) groups excluding carboxylic acids is 2. The van der Waals surface area contributed by atoms with Gasteiger partial charge in [0.25, 0.3) is 5.91 Å². The van der Waals surface area contributed by atoms with Crippen molar-refractivity contribution >= 4 is 17.5 Å². The van der Waals surface area contributed by atoms with Gasteiger partial charge in [-0.15, -0.1) is 0 Å². The first-order valence-corrected chi connectivity index (χ1v) is 8.45. The van der Waals surface area contributed by atoms with Crippen molar-refractivity contribution in [2.45, 2.75) is 19.4 Å². The van der Waals surface area contributed by atoms with Gasteiger partial charge in [0.05, 0.1) is 6.54 Å². The number of anilines is 1. The van der Waals surface area contributed by atoms with Gasteiger partial charge in [0.1, 0.15) is 18.1 Å². The molecule has 0 spiro atoms. The van der Waals surface area contributed by atoms with Crippen LogP contribution in [0.5, 0.6) is 5.75 Å². The van der Waals surface area contributed by atoms with Gasteiger partial charge >= 0.3 is 0 Å². The van der Waals surface area contributed by atoms with Gasteiger partial charge in [-0.25, -0.2) is 0 Å². The lowest BCUT2D eigenvalue weighted by molar-refractivity contribution is -0.117. The Bertz CT molecular complexity index is 825. The van der Waals surface area contributed by atoms with E-state index in [1.165, 1.54) is 0 Å². The molecule has 2 aromatic rings. The van der Waals surface area contributed by atoms with E-state index in [0.29, 0.717) is 25.4 Å². The van der Waals surface area contributed by atoms with Gasteiger partial charge in [-0.1, -0.05) is 0 Å². The molecule has 1 aliphatic heterocycles. The van der Waals surface area contributed by atoms with Crippen LogP contribution in [0.4, 0.5) is 5.69 Å². The van der Waals surface area contributed by atoms with E-state index in [0.717, 1.165) is 29.8 Å². The first kappa shape index (κ1) is 15.7. The van der Waals surface area contributed by atoms with Crippen LogP contribution in [0.15, 0.2) is 30.5 Å². The minimum Gasteiger partial charge on any atom is -0.491 e. The number of aryl methyl sites for hydroxylation is 1. The maximum Gasteiger partial charge on any atom is 0.274 e. The Hall–Kier alpha value is -2.83. The summed E-state index contributed by atoms with van der Waals surface area (Å²) >= 11 is 0. The van der Waals surface area contributed by atoms with Crippen molar-refractivity contribution in [3.8, 4) is 5.75 Å². The maximum atomic E-state index is 12.7. The number of nitrogens with one attached hydrogen (secondary N) is 1. The molecule has 2 heterocycles. The highest BCUT2D eigenvalue weighted by molar-refractivity contribution is 5.94. The van der Waals surface area contributed by atoms with E-state index >= 15 is 0 Å². The van der Waals surface area contributed by atoms with Crippen LogP contribution in [-0.4, -0.2) is 39.6 Å². The summed E-state index contributed by atoms with van der Waals surface area (Å²) in [5.74, 6) is 0.846. The number of carbonyl (C=O) groups is 2. The van der Waals surface area contributed by atoms with E-state index in [9.17, 15) is 9.59 Å². The number of nitrogens with zero attached hydrogens (tertiary/aromatic N) is 3. The maximum absolute atomic E-state index is 12.7. The Balaban J connectivity index is 1.53. The number of aromatic nitrogens is 2. The zero-order valence-electron chi connectivity index (χ0n) is 14.1. The summed E-state index contributed by atoms with van der Waals surface area (Å²) in [6, 6.07) is 7.29. The number of hydrogen-bond donors (Lipinski definition) is 1. The predicted octanol–water partition coefficient (Wildman–Crippen LogP) is 1.80. The highest BCUT2D eigenvalue weighted by Crippen LogP contribution is 2.31. The standard InChI is InChI=1S/C18H20N4O3/c1-21-7-6-15(20-21)18(24)22-8-9-25-16-5-4-14(10-13(16)11-22)19-17(23)12-2-3-12/h4-7,10,12H,2-3,8-9,11H2,1H3,(H,19,23). The van der Waals surface area contributed by atoms with E-state index in [1.807, 2.05) is 18.2 Å². The van der Waals surface area contributed by atoms with Crippen LogP contribution in [0.1, 0.15) is 28.9 Å². The molecule has 7 heteroatoms. The van der Waals surface area contributed by atoms with E-state index < -0.39 is 0 Å². The molecule has 0 radical (unpaired) electrons. The van der Waals surface area contributed by atoms with Crippen LogP contribution in [0.2, 0.25) is 0 Å². The second-order valence-corrected chi connectivity index (χ2v) is 6.54. The molecule has 1 saturated carbocycles. The fourth-order valence-corrected chi connectivity index (χ4v) is 2.93. The molecule has 25 heavy (non-hydrogen) atoms. The number of benzene rings is 1. The zero-order valence-corrected chi connectivity index (χ0v) is 14.1. The third-order valence-corrected chi connectivity index (χ3v) is 4.48. The second-order valence-electron chi connectivity index (χ2n) is 6.54. The van der Waals surface area contributed by atoms with Gasteiger partial charge in [-0.05, 0) is 37.1 Å². The summed E-state index contributed by atoms with van der Waals surface area (Å²) in [5.41, 5.74) is 2.05. The normalized spacial score (nSPS) is 16.6. The Kier molecular flexibility index (Phi) is 3.91. The van der Waals surface area contributed by atoms with Crippen LogP contribution in [0, 0.1) is 5.92 Å². The number of ether oxygens (including phenoxy) is 1. The molecule has 1 N–H and O–H groups in total. The molecule has 0 atom stereocenters. The van der Waals surface area contributed by atoms with Crippen LogP contribution in [0.3, 0.4) is 0 Å². The molecule has 1 aliphatic carbocycles. The summed E-state index contributed by atoms with van der Waals surface area (Å²) < 4.78 is 7.37. The summed E-state index contributed by atoms with van der Waals surface area (Å²) in [5, 5.41) is 7.12. The number of amides is 2. The van der Waals surface area contributed by atoms with Gasteiger partial charge in [-0.2, -0.15) is 5.10 Å². The minimum absolute atomic E-state index is 0.0657. The van der Waals surface area contributed by atoms with E-state index in [-0.39, 0.29) is 17.7 Å². The summed E-state index contributed by atoms with van der Waals surface area (Å²) in [6.07, 6.45) is 3.68. The van der Waals surface area contributed by atoms with Gasteiger partial charge in [0.2, 0.25) is 5.91 Å². The molecule has 1 aromatic heterocycles. The van der Waals surface area contributed by atoms with E-state index in [2.05, 4.69) is 10.4 Å². The summed E-state index contributed by atoms with van der Waals surface area (Å²) in [7, 11) is 1.78. The van der Waals surface area contributed by atoms with Gasteiger partial charge < -0.3 is 15.0 Å². The van der Waals surface area contributed by atoms with Crippen LogP contribution in [0.25, 0.3) is 0 Å². The largest absolute Gasteiger partial charge is 0.491 e. The van der Waals surface area contributed by atoms with Crippen molar-refractivity contribution in [1.82, 2.24) is 14.7 Å². The quantitative estimate of drug-likeness (QED) is 0.924. The average Bonchev–Trinajstić information content (AvgIpc) is 3.39. The fraction of sp³-hybridized carbons (Fsp3) is 0.389. The van der Waals surface area contributed by atoms with E-state index in [1.54, 1.807) is 28.9 Å². The molecular formula is C18H20N4O3. The van der Waals surface area contributed by atoms with Gasteiger partial charge in [0.15, 0.2) is 0 Å². The second kappa shape index (κ2) is 6.23. The minimum atomic E-state index is -0.121. The highest BCUT2D eigenvalue weighted by atomic mass is 16.5. The number of hydrogen-bond acceptors (Lipinski definition) is 4.